The molecule has 0 atom stereocenters. The van der Waals surface area contributed by atoms with E-state index in [1.54, 1.807) is 6.92 Å². The van der Waals surface area contributed by atoms with Crippen molar-refractivity contribution in [2.75, 3.05) is 32.2 Å². The molecule has 8 heteroatoms. The van der Waals surface area contributed by atoms with Gasteiger partial charge in [-0.2, -0.15) is 18.2 Å². The third kappa shape index (κ3) is 5.29. The van der Waals surface area contributed by atoms with Gasteiger partial charge in [-0.15, -0.1) is 0 Å². The molecule has 1 N–H and O–H groups in total. The molecule has 0 aliphatic heterocycles. The second kappa shape index (κ2) is 7.13. The summed E-state index contributed by atoms with van der Waals surface area (Å²) < 4.78 is 47.9. The minimum absolute atomic E-state index is 0.0981. The number of nitrogens with one attached hydrogen (secondary N) is 1. The molecule has 0 saturated carbocycles. The zero-order valence-electron chi connectivity index (χ0n) is 10.8. The zero-order valence-corrected chi connectivity index (χ0v) is 10.8. The van der Waals surface area contributed by atoms with E-state index in [0.29, 0.717) is 19.6 Å². The lowest BCUT2D eigenvalue weighted by Gasteiger charge is -2.11. The van der Waals surface area contributed by atoms with Crippen LogP contribution < -0.4 is 10.1 Å². The number of rotatable bonds is 7. The largest absolute Gasteiger partial charge is 0.477 e. The lowest BCUT2D eigenvalue weighted by atomic mass is 10.4. The molecule has 0 unspecified atom stereocenters. The molecule has 0 amide bonds. The van der Waals surface area contributed by atoms with Gasteiger partial charge in [-0.1, -0.05) is 0 Å². The van der Waals surface area contributed by atoms with Crippen LogP contribution in [-0.2, 0) is 10.9 Å². The lowest BCUT2D eigenvalue weighted by Crippen LogP contribution is -2.13. The van der Waals surface area contributed by atoms with Crippen molar-refractivity contribution in [3.63, 3.8) is 0 Å². The first-order valence-corrected chi connectivity index (χ1v) is 5.79. The van der Waals surface area contributed by atoms with E-state index in [0.717, 1.165) is 6.07 Å². The summed E-state index contributed by atoms with van der Waals surface area (Å²) in [6.07, 6.45) is -3.96. The van der Waals surface area contributed by atoms with Crippen molar-refractivity contribution >= 4 is 5.95 Å². The Labute approximate surface area is 109 Å². The van der Waals surface area contributed by atoms with E-state index >= 15 is 0 Å². The van der Waals surface area contributed by atoms with Crippen LogP contribution in [0.5, 0.6) is 5.88 Å². The average molecular weight is 279 g/mol. The monoisotopic (exact) mass is 279 g/mol. The van der Waals surface area contributed by atoms with Crippen molar-refractivity contribution in [2.24, 2.45) is 0 Å². The molecule has 0 aliphatic rings. The van der Waals surface area contributed by atoms with Crippen molar-refractivity contribution in [2.45, 2.75) is 19.5 Å². The Hall–Kier alpha value is -1.57. The summed E-state index contributed by atoms with van der Waals surface area (Å²) in [6, 6.07) is 0.785. The van der Waals surface area contributed by atoms with Crippen LogP contribution >= 0.6 is 0 Å². The average Bonchev–Trinajstić information content (AvgIpc) is 2.34. The van der Waals surface area contributed by atoms with Gasteiger partial charge in [-0.25, -0.2) is 4.98 Å². The smallest absolute Gasteiger partial charge is 0.433 e. The highest BCUT2D eigenvalue weighted by Crippen LogP contribution is 2.30. The zero-order chi connectivity index (χ0) is 14.3. The summed E-state index contributed by atoms with van der Waals surface area (Å²) in [7, 11) is 1.54. The summed E-state index contributed by atoms with van der Waals surface area (Å²) in [4.78, 5) is 7.24. The number of hydrogen-bond donors (Lipinski definition) is 1. The molecule has 1 rings (SSSR count). The summed E-state index contributed by atoms with van der Waals surface area (Å²) >= 11 is 0. The number of halogens is 3. The molecular weight excluding hydrogens is 263 g/mol. The van der Waals surface area contributed by atoms with E-state index < -0.39 is 11.9 Å². The van der Waals surface area contributed by atoms with Gasteiger partial charge < -0.3 is 14.8 Å². The Bertz CT molecular complexity index is 399. The molecule has 19 heavy (non-hydrogen) atoms. The Morgan fingerprint density at radius 1 is 1.26 bits per heavy atom. The summed E-state index contributed by atoms with van der Waals surface area (Å²) in [5, 5.41) is 2.64. The Morgan fingerprint density at radius 2 is 2.00 bits per heavy atom. The minimum atomic E-state index is -4.53. The van der Waals surface area contributed by atoms with Crippen LogP contribution in [0.3, 0.4) is 0 Å². The van der Waals surface area contributed by atoms with E-state index in [9.17, 15) is 13.2 Å². The number of hydrogen-bond acceptors (Lipinski definition) is 5. The molecule has 0 aliphatic carbocycles. The number of nitrogens with zero attached hydrogens (tertiary/aromatic N) is 2. The molecule has 0 radical (unpaired) electrons. The number of anilines is 1. The number of methoxy groups -OCH3 is 1. The molecular formula is C11H16F3N3O2. The summed E-state index contributed by atoms with van der Waals surface area (Å²) in [5.41, 5.74) is -1.03. The predicted octanol–water partition coefficient (Wildman–Crippen LogP) is 2.34. The normalized spacial score (nSPS) is 11.4. The minimum Gasteiger partial charge on any atom is -0.477 e. The molecule has 0 bridgehead atoms. The molecule has 1 aromatic rings. The maximum atomic E-state index is 12.6. The van der Waals surface area contributed by atoms with Gasteiger partial charge >= 0.3 is 6.18 Å². The Balaban J connectivity index is 2.81. The van der Waals surface area contributed by atoms with E-state index in [1.165, 1.54) is 7.11 Å². The van der Waals surface area contributed by atoms with Gasteiger partial charge in [-0.3, -0.25) is 0 Å². The number of ether oxygens (including phenoxy) is 2. The quantitative estimate of drug-likeness (QED) is 0.776. The molecule has 0 spiro atoms. The fraction of sp³-hybridized carbons (Fsp3) is 0.636. The van der Waals surface area contributed by atoms with Gasteiger partial charge in [0.1, 0.15) is 0 Å². The molecule has 0 fully saturated rings. The van der Waals surface area contributed by atoms with E-state index in [-0.39, 0.29) is 18.4 Å². The van der Waals surface area contributed by atoms with Gasteiger partial charge in [0.05, 0.1) is 6.61 Å². The van der Waals surface area contributed by atoms with Gasteiger partial charge in [0, 0.05) is 32.7 Å². The fourth-order valence-electron chi connectivity index (χ4n) is 1.26. The topological polar surface area (TPSA) is 56.3 Å². The molecule has 1 heterocycles. The Morgan fingerprint density at radius 3 is 2.58 bits per heavy atom. The van der Waals surface area contributed by atoms with Crippen molar-refractivity contribution in [3.05, 3.63) is 11.8 Å². The van der Waals surface area contributed by atoms with Crippen molar-refractivity contribution in [3.8, 4) is 5.88 Å². The number of alkyl halides is 3. The second-order valence-electron chi connectivity index (χ2n) is 3.64. The second-order valence-corrected chi connectivity index (χ2v) is 3.64. The highest BCUT2D eigenvalue weighted by atomic mass is 19.4. The fourth-order valence-corrected chi connectivity index (χ4v) is 1.26. The first-order valence-electron chi connectivity index (χ1n) is 5.79. The molecule has 0 aromatic carbocycles. The van der Waals surface area contributed by atoms with Crippen LogP contribution in [0, 0.1) is 0 Å². The van der Waals surface area contributed by atoms with Gasteiger partial charge in [0.2, 0.25) is 11.8 Å². The standard InChI is InChI=1S/C11H16F3N3O2/c1-3-15-10-16-8(11(12,13)14)7-9(17-10)19-6-4-5-18-2/h7H,3-6H2,1-2H3,(H,15,16,17). The van der Waals surface area contributed by atoms with Crippen molar-refractivity contribution in [1.82, 2.24) is 9.97 Å². The highest BCUT2D eigenvalue weighted by Gasteiger charge is 2.34. The predicted molar refractivity (Wildman–Crippen MR) is 63.2 cm³/mol. The first-order chi connectivity index (χ1) is 8.97. The van der Waals surface area contributed by atoms with Crippen LogP contribution in [0.4, 0.5) is 19.1 Å². The van der Waals surface area contributed by atoms with Crippen LogP contribution in [0.25, 0.3) is 0 Å². The molecule has 108 valence electrons. The highest BCUT2D eigenvalue weighted by molar-refractivity contribution is 5.31. The molecule has 0 saturated heterocycles. The maximum Gasteiger partial charge on any atom is 0.433 e. The van der Waals surface area contributed by atoms with E-state index in [2.05, 4.69) is 15.3 Å². The SMILES string of the molecule is CCNc1nc(OCCCOC)cc(C(F)(F)F)n1. The van der Waals surface area contributed by atoms with Crippen molar-refractivity contribution < 1.29 is 22.6 Å². The van der Waals surface area contributed by atoms with Gasteiger partial charge in [0.15, 0.2) is 5.69 Å². The van der Waals surface area contributed by atoms with Crippen LogP contribution in [0.2, 0.25) is 0 Å². The van der Waals surface area contributed by atoms with Gasteiger partial charge in [0.25, 0.3) is 0 Å². The maximum absolute atomic E-state index is 12.6. The van der Waals surface area contributed by atoms with Crippen molar-refractivity contribution in [1.29, 1.82) is 0 Å². The van der Waals surface area contributed by atoms with E-state index in [1.807, 2.05) is 0 Å². The van der Waals surface area contributed by atoms with Crippen LogP contribution in [0.15, 0.2) is 6.07 Å². The third-order valence-corrected chi connectivity index (χ3v) is 2.07. The van der Waals surface area contributed by atoms with E-state index in [4.69, 9.17) is 9.47 Å². The first kappa shape index (κ1) is 15.5. The van der Waals surface area contributed by atoms with Crippen LogP contribution in [0.1, 0.15) is 19.0 Å². The third-order valence-electron chi connectivity index (χ3n) is 2.07. The summed E-state index contributed by atoms with van der Waals surface area (Å²) in [5.74, 6) is -0.201. The Kier molecular flexibility index (Phi) is 5.81. The van der Waals surface area contributed by atoms with Gasteiger partial charge in [-0.05, 0) is 6.92 Å². The number of aromatic nitrogens is 2. The van der Waals surface area contributed by atoms with Crippen LogP contribution in [-0.4, -0.2) is 36.8 Å². The molecule has 5 nitrogen and oxygen atoms in total. The lowest BCUT2D eigenvalue weighted by molar-refractivity contribution is -0.141. The summed E-state index contributed by atoms with van der Waals surface area (Å²) in [6.45, 7) is 2.86. The molecule has 1 aromatic heterocycles.